The molecule has 0 unspecified atom stereocenters. The number of hydrogen-bond donors (Lipinski definition) is 2. The normalized spacial score (nSPS) is 17.5. The number of H-pyrrole nitrogens is 1. The average molecular weight is 318 g/mol. The highest BCUT2D eigenvalue weighted by atomic mass is 16.5. The Kier molecular flexibility index (Phi) is 4.24. The molecular weight excluding hydrogens is 300 g/mol. The van der Waals surface area contributed by atoms with E-state index in [0.717, 1.165) is 13.0 Å². The number of hydrogen-bond acceptors (Lipinski definition) is 5. The first-order valence-corrected chi connectivity index (χ1v) is 7.59. The van der Waals surface area contributed by atoms with Crippen molar-refractivity contribution in [2.75, 3.05) is 19.8 Å². The van der Waals surface area contributed by atoms with Gasteiger partial charge in [0.05, 0.1) is 17.6 Å². The molecule has 8 heteroatoms. The molecule has 1 amide bonds. The molecule has 0 radical (unpaired) electrons. The summed E-state index contributed by atoms with van der Waals surface area (Å²) in [4.78, 5) is 42.3. The number of aromatic amines is 1. The summed E-state index contributed by atoms with van der Waals surface area (Å²) in [6.45, 7) is 4.07. The summed E-state index contributed by atoms with van der Waals surface area (Å²) in [5.41, 5.74) is -0.470. The second-order valence-electron chi connectivity index (χ2n) is 5.54. The predicted molar refractivity (Wildman–Crippen MR) is 83.6 cm³/mol. The predicted octanol–water partition coefficient (Wildman–Crippen LogP) is -0.129. The Hall–Kier alpha value is -2.48. The maximum Gasteiger partial charge on any atom is 0.329 e. The van der Waals surface area contributed by atoms with Gasteiger partial charge in [-0.25, -0.2) is 9.78 Å². The van der Waals surface area contributed by atoms with Crippen molar-refractivity contribution in [1.29, 1.82) is 0 Å². The molecule has 2 aromatic heterocycles. The fourth-order valence-corrected chi connectivity index (χ4v) is 2.67. The SMILES string of the molecule is CCn1c(=O)[nH]c(=O)c2cc(C(=O)NC[C@H]3CCOC3)cnc21. The molecule has 0 bridgehead atoms. The Balaban J connectivity index is 1.89. The van der Waals surface area contributed by atoms with Gasteiger partial charge >= 0.3 is 5.69 Å². The van der Waals surface area contributed by atoms with E-state index < -0.39 is 11.2 Å². The van der Waals surface area contributed by atoms with Crippen molar-refractivity contribution in [3.63, 3.8) is 0 Å². The molecule has 122 valence electrons. The third kappa shape index (κ3) is 3.02. The van der Waals surface area contributed by atoms with Gasteiger partial charge in [-0.05, 0) is 19.4 Å². The van der Waals surface area contributed by atoms with Gasteiger partial charge < -0.3 is 10.1 Å². The number of rotatable bonds is 4. The number of pyridine rings is 1. The zero-order valence-corrected chi connectivity index (χ0v) is 12.8. The molecule has 0 saturated carbocycles. The van der Waals surface area contributed by atoms with E-state index in [1.54, 1.807) is 6.92 Å². The summed E-state index contributed by atoms with van der Waals surface area (Å²) in [7, 11) is 0. The van der Waals surface area contributed by atoms with Crippen LogP contribution in [0.1, 0.15) is 23.7 Å². The van der Waals surface area contributed by atoms with E-state index >= 15 is 0 Å². The number of carbonyl (C=O) groups is 1. The smallest absolute Gasteiger partial charge is 0.329 e. The van der Waals surface area contributed by atoms with E-state index in [2.05, 4.69) is 15.3 Å². The van der Waals surface area contributed by atoms with Gasteiger partial charge in [0, 0.05) is 31.8 Å². The van der Waals surface area contributed by atoms with Crippen molar-refractivity contribution in [1.82, 2.24) is 19.9 Å². The van der Waals surface area contributed by atoms with Crippen molar-refractivity contribution in [3.05, 3.63) is 38.7 Å². The van der Waals surface area contributed by atoms with Crippen LogP contribution in [0, 0.1) is 5.92 Å². The van der Waals surface area contributed by atoms with Crippen molar-refractivity contribution < 1.29 is 9.53 Å². The van der Waals surface area contributed by atoms with Gasteiger partial charge in [0.1, 0.15) is 5.65 Å². The quantitative estimate of drug-likeness (QED) is 0.817. The first-order chi connectivity index (χ1) is 11.1. The van der Waals surface area contributed by atoms with Crippen LogP contribution in [0.5, 0.6) is 0 Å². The summed E-state index contributed by atoms with van der Waals surface area (Å²) in [6.07, 6.45) is 2.31. The maximum atomic E-state index is 12.2. The van der Waals surface area contributed by atoms with E-state index in [9.17, 15) is 14.4 Å². The fourth-order valence-electron chi connectivity index (χ4n) is 2.67. The van der Waals surface area contributed by atoms with Crippen LogP contribution in [-0.2, 0) is 11.3 Å². The summed E-state index contributed by atoms with van der Waals surface area (Å²) < 4.78 is 6.62. The van der Waals surface area contributed by atoms with Crippen LogP contribution in [0.4, 0.5) is 0 Å². The number of ether oxygens (including phenoxy) is 1. The zero-order valence-electron chi connectivity index (χ0n) is 12.8. The number of nitrogens with zero attached hydrogens (tertiary/aromatic N) is 2. The molecule has 2 N–H and O–H groups in total. The number of amides is 1. The number of aryl methyl sites for hydroxylation is 1. The average Bonchev–Trinajstić information content (AvgIpc) is 3.06. The molecular formula is C15H18N4O4. The molecule has 1 atom stereocenters. The molecule has 3 heterocycles. The first kappa shape index (κ1) is 15.4. The van der Waals surface area contributed by atoms with Crippen LogP contribution < -0.4 is 16.6 Å². The Morgan fingerprint density at radius 1 is 1.52 bits per heavy atom. The highest BCUT2D eigenvalue weighted by Gasteiger charge is 2.17. The minimum Gasteiger partial charge on any atom is -0.381 e. The Morgan fingerprint density at radius 2 is 2.35 bits per heavy atom. The molecule has 0 spiro atoms. The highest BCUT2D eigenvalue weighted by molar-refractivity contribution is 5.96. The summed E-state index contributed by atoms with van der Waals surface area (Å²) in [5.74, 6) is 0.0287. The van der Waals surface area contributed by atoms with E-state index in [0.29, 0.717) is 31.2 Å². The number of carbonyl (C=O) groups excluding carboxylic acids is 1. The maximum absolute atomic E-state index is 12.2. The standard InChI is InChI=1S/C15H18N4O4/c1-2-19-12-11(14(21)18-15(19)22)5-10(7-16-12)13(20)17-6-9-3-4-23-8-9/h5,7,9H,2-4,6,8H2,1H3,(H,17,20)(H,18,21,22)/t9-/m1/s1. The van der Waals surface area contributed by atoms with Crippen LogP contribution in [0.2, 0.25) is 0 Å². The van der Waals surface area contributed by atoms with E-state index in [1.165, 1.54) is 16.8 Å². The minimum atomic E-state index is -0.541. The van der Waals surface area contributed by atoms with Crippen molar-refractivity contribution >= 4 is 16.9 Å². The number of aromatic nitrogens is 3. The van der Waals surface area contributed by atoms with Gasteiger partial charge in [-0.2, -0.15) is 0 Å². The Morgan fingerprint density at radius 3 is 3.04 bits per heavy atom. The summed E-state index contributed by atoms with van der Waals surface area (Å²) in [5, 5.41) is 3.05. The van der Waals surface area contributed by atoms with Gasteiger partial charge in [0.25, 0.3) is 11.5 Å². The minimum absolute atomic E-state index is 0.225. The molecule has 1 fully saturated rings. The van der Waals surface area contributed by atoms with Crippen molar-refractivity contribution in [3.8, 4) is 0 Å². The topological polar surface area (TPSA) is 106 Å². The second-order valence-corrected chi connectivity index (χ2v) is 5.54. The van der Waals surface area contributed by atoms with E-state index in [-0.39, 0.29) is 16.9 Å². The molecule has 8 nitrogen and oxygen atoms in total. The third-order valence-corrected chi connectivity index (χ3v) is 3.99. The lowest BCUT2D eigenvalue weighted by Gasteiger charge is -2.10. The van der Waals surface area contributed by atoms with Crippen molar-refractivity contribution in [2.45, 2.75) is 19.9 Å². The highest BCUT2D eigenvalue weighted by Crippen LogP contribution is 2.12. The van der Waals surface area contributed by atoms with Crippen LogP contribution >= 0.6 is 0 Å². The number of nitrogens with one attached hydrogen (secondary N) is 2. The zero-order chi connectivity index (χ0) is 16.4. The largest absolute Gasteiger partial charge is 0.381 e. The first-order valence-electron chi connectivity index (χ1n) is 7.59. The summed E-state index contributed by atoms with van der Waals surface area (Å²) in [6, 6.07) is 1.47. The van der Waals surface area contributed by atoms with E-state index in [1.807, 2.05) is 0 Å². The van der Waals surface area contributed by atoms with Gasteiger partial charge in [0.15, 0.2) is 0 Å². The van der Waals surface area contributed by atoms with Crippen molar-refractivity contribution in [2.24, 2.45) is 5.92 Å². The molecule has 3 rings (SSSR count). The van der Waals surface area contributed by atoms with Gasteiger partial charge in [0.2, 0.25) is 0 Å². The molecule has 1 saturated heterocycles. The van der Waals surface area contributed by atoms with Crippen LogP contribution in [-0.4, -0.2) is 40.2 Å². The molecule has 1 aliphatic heterocycles. The second kappa shape index (κ2) is 6.33. The monoisotopic (exact) mass is 318 g/mol. The van der Waals surface area contributed by atoms with Crippen LogP contribution in [0.25, 0.3) is 11.0 Å². The van der Waals surface area contributed by atoms with E-state index in [4.69, 9.17) is 4.74 Å². The Labute approximate surface area is 131 Å². The van der Waals surface area contributed by atoms with Gasteiger partial charge in [-0.1, -0.05) is 0 Å². The van der Waals surface area contributed by atoms with Crippen LogP contribution in [0.15, 0.2) is 21.9 Å². The molecule has 2 aromatic rings. The molecule has 0 aliphatic carbocycles. The van der Waals surface area contributed by atoms with Gasteiger partial charge in [-0.3, -0.25) is 19.1 Å². The number of fused-ring (bicyclic) bond motifs is 1. The van der Waals surface area contributed by atoms with Gasteiger partial charge in [-0.15, -0.1) is 0 Å². The lowest BCUT2D eigenvalue weighted by atomic mass is 10.1. The fraction of sp³-hybridized carbons (Fsp3) is 0.467. The Bertz CT molecular complexity index is 849. The molecule has 23 heavy (non-hydrogen) atoms. The van der Waals surface area contributed by atoms with Crippen LogP contribution in [0.3, 0.4) is 0 Å². The molecule has 0 aromatic carbocycles. The lowest BCUT2D eigenvalue weighted by molar-refractivity contribution is 0.0945. The third-order valence-electron chi connectivity index (χ3n) is 3.99. The molecule has 1 aliphatic rings. The summed E-state index contributed by atoms with van der Waals surface area (Å²) >= 11 is 0. The lowest BCUT2D eigenvalue weighted by Crippen LogP contribution is -2.32.